The van der Waals surface area contributed by atoms with Crippen LogP contribution < -0.4 is 0 Å². The van der Waals surface area contributed by atoms with Crippen molar-refractivity contribution in [3.05, 3.63) is 65.3 Å². The SMILES string of the molecule is C[C@@H](Sc1nnc(-c2cccc(Cl)c2)o1)c1nnc(-c2ccc(F)cc2)o1. The average molecular weight is 403 g/mol. The molecule has 2 aromatic carbocycles. The molecule has 0 fully saturated rings. The first kappa shape index (κ1) is 17.7. The molecule has 0 N–H and O–H groups in total. The van der Waals surface area contributed by atoms with Crippen molar-refractivity contribution < 1.29 is 13.2 Å². The van der Waals surface area contributed by atoms with Crippen LogP contribution in [0.15, 0.2) is 62.6 Å². The molecule has 0 unspecified atom stereocenters. The maximum absolute atomic E-state index is 13.0. The second kappa shape index (κ2) is 7.50. The average Bonchev–Trinajstić information content (AvgIpc) is 3.32. The summed E-state index contributed by atoms with van der Waals surface area (Å²) in [6.45, 7) is 1.88. The summed E-state index contributed by atoms with van der Waals surface area (Å²) < 4.78 is 24.4. The van der Waals surface area contributed by atoms with Gasteiger partial charge in [-0.15, -0.1) is 20.4 Å². The van der Waals surface area contributed by atoms with Crippen LogP contribution in [-0.2, 0) is 0 Å². The Kier molecular flexibility index (Phi) is 4.91. The molecule has 0 spiro atoms. The number of aromatic nitrogens is 4. The van der Waals surface area contributed by atoms with Gasteiger partial charge >= 0.3 is 0 Å². The molecule has 0 radical (unpaired) electrons. The van der Waals surface area contributed by atoms with Crippen LogP contribution in [0, 0.1) is 5.82 Å². The van der Waals surface area contributed by atoms with E-state index in [1.54, 1.807) is 24.3 Å². The Morgan fingerprint density at radius 1 is 0.926 bits per heavy atom. The standard InChI is InChI=1S/C18H12ClFN4O2S/c1-10(15-21-22-16(25-15)11-5-7-14(20)8-6-11)27-18-24-23-17(26-18)12-3-2-4-13(19)9-12/h2-10H,1H3/t10-/m1/s1. The fraction of sp³-hybridized carbons (Fsp3) is 0.111. The molecule has 0 amide bonds. The second-order valence-electron chi connectivity index (χ2n) is 5.60. The van der Waals surface area contributed by atoms with E-state index in [1.807, 2.05) is 19.1 Å². The van der Waals surface area contributed by atoms with Crippen LogP contribution in [0.4, 0.5) is 4.39 Å². The van der Waals surface area contributed by atoms with Crippen molar-refractivity contribution in [2.24, 2.45) is 0 Å². The smallest absolute Gasteiger partial charge is 0.277 e. The fourth-order valence-corrected chi connectivity index (χ4v) is 3.21. The Morgan fingerprint density at radius 2 is 1.67 bits per heavy atom. The third-order valence-electron chi connectivity index (χ3n) is 3.64. The summed E-state index contributed by atoms with van der Waals surface area (Å²) in [6, 6.07) is 13.0. The van der Waals surface area contributed by atoms with Crippen LogP contribution in [0.1, 0.15) is 18.1 Å². The Hall–Kier alpha value is -2.71. The van der Waals surface area contributed by atoms with Gasteiger partial charge in [0.25, 0.3) is 5.22 Å². The van der Waals surface area contributed by atoms with E-state index >= 15 is 0 Å². The van der Waals surface area contributed by atoms with E-state index in [2.05, 4.69) is 20.4 Å². The summed E-state index contributed by atoms with van der Waals surface area (Å²) in [4.78, 5) is 0. The molecule has 136 valence electrons. The molecule has 1 atom stereocenters. The number of hydrogen-bond donors (Lipinski definition) is 0. The summed E-state index contributed by atoms with van der Waals surface area (Å²) in [7, 11) is 0. The number of thioether (sulfide) groups is 1. The van der Waals surface area contributed by atoms with Crippen LogP contribution in [0.25, 0.3) is 22.9 Å². The highest BCUT2D eigenvalue weighted by Gasteiger charge is 2.20. The maximum atomic E-state index is 13.0. The van der Waals surface area contributed by atoms with Crippen LogP contribution in [-0.4, -0.2) is 20.4 Å². The third-order valence-corrected chi connectivity index (χ3v) is 4.79. The molecule has 2 aromatic heterocycles. The molecule has 0 bridgehead atoms. The van der Waals surface area contributed by atoms with E-state index < -0.39 is 0 Å². The van der Waals surface area contributed by atoms with Crippen LogP contribution in [0.5, 0.6) is 0 Å². The third kappa shape index (κ3) is 4.01. The van der Waals surface area contributed by atoms with Gasteiger partial charge in [-0.3, -0.25) is 0 Å². The van der Waals surface area contributed by atoms with Crippen molar-refractivity contribution >= 4 is 23.4 Å². The van der Waals surface area contributed by atoms with Crippen molar-refractivity contribution in [2.75, 3.05) is 0 Å². The first-order chi connectivity index (χ1) is 13.1. The van der Waals surface area contributed by atoms with Gasteiger partial charge < -0.3 is 8.83 Å². The van der Waals surface area contributed by atoms with Gasteiger partial charge in [-0.25, -0.2) is 4.39 Å². The summed E-state index contributed by atoms with van der Waals surface area (Å²) in [6.07, 6.45) is 0. The normalized spacial score (nSPS) is 12.3. The first-order valence-corrected chi connectivity index (χ1v) is 9.20. The van der Waals surface area contributed by atoms with Crippen LogP contribution in [0.3, 0.4) is 0 Å². The quantitative estimate of drug-likeness (QED) is 0.411. The predicted octanol–water partition coefficient (Wildman–Crippen LogP) is 5.43. The molecule has 27 heavy (non-hydrogen) atoms. The number of rotatable bonds is 5. The Balaban J connectivity index is 1.48. The molecular weight excluding hydrogens is 391 g/mol. The van der Waals surface area contributed by atoms with E-state index in [0.717, 1.165) is 5.56 Å². The van der Waals surface area contributed by atoms with Crippen molar-refractivity contribution in [3.8, 4) is 22.9 Å². The number of halogens is 2. The molecule has 0 saturated carbocycles. The molecule has 9 heteroatoms. The van der Waals surface area contributed by atoms with Gasteiger partial charge in [0.1, 0.15) is 5.82 Å². The van der Waals surface area contributed by atoms with Gasteiger partial charge in [-0.2, -0.15) is 0 Å². The van der Waals surface area contributed by atoms with Gasteiger partial charge in [0, 0.05) is 16.1 Å². The highest BCUT2D eigenvalue weighted by atomic mass is 35.5. The molecule has 0 saturated heterocycles. The largest absolute Gasteiger partial charge is 0.419 e. The van der Waals surface area contributed by atoms with E-state index in [1.165, 1.54) is 23.9 Å². The molecular formula is C18H12ClFN4O2S. The van der Waals surface area contributed by atoms with E-state index in [0.29, 0.717) is 33.5 Å². The topological polar surface area (TPSA) is 77.8 Å². The van der Waals surface area contributed by atoms with E-state index in [4.69, 9.17) is 20.4 Å². The lowest BCUT2D eigenvalue weighted by molar-refractivity contribution is 0.461. The number of benzene rings is 2. The summed E-state index contributed by atoms with van der Waals surface area (Å²) in [5.74, 6) is 0.781. The lowest BCUT2D eigenvalue weighted by Crippen LogP contribution is -1.88. The van der Waals surface area contributed by atoms with Gasteiger partial charge in [-0.1, -0.05) is 29.4 Å². The molecule has 4 rings (SSSR count). The van der Waals surface area contributed by atoms with Crippen molar-refractivity contribution in [2.45, 2.75) is 17.4 Å². The van der Waals surface area contributed by atoms with Gasteiger partial charge in [0.2, 0.25) is 17.7 Å². The van der Waals surface area contributed by atoms with Crippen LogP contribution in [0.2, 0.25) is 5.02 Å². The highest BCUT2D eigenvalue weighted by molar-refractivity contribution is 7.99. The van der Waals surface area contributed by atoms with E-state index in [-0.39, 0.29) is 11.1 Å². The Bertz CT molecular complexity index is 1070. The van der Waals surface area contributed by atoms with Gasteiger partial charge in [-0.05, 0) is 49.4 Å². The fourth-order valence-electron chi connectivity index (χ4n) is 2.31. The maximum Gasteiger partial charge on any atom is 0.277 e. The molecule has 4 aromatic rings. The van der Waals surface area contributed by atoms with Gasteiger partial charge in [0.05, 0.1) is 5.25 Å². The minimum absolute atomic E-state index is 0.209. The summed E-state index contributed by atoms with van der Waals surface area (Å²) in [5, 5.41) is 16.9. The Morgan fingerprint density at radius 3 is 2.44 bits per heavy atom. The van der Waals surface area contributed by atoms with Crippen molar-refractivity contribution in [1.82, 2.24) is 20.4 Å². The van der Waals surface area contributed by atoms with Crippen molar-refractivity contribution in [1.29, 1.82) is 0 Å². The first-order valence-electron chi connectivity index (χ1n) is 7.94. The number of nitrogens with zero attached hydrogens (tertiary/aromatic N) is 4. The minimum atomic E-state index is -0.325. The minimum Gasteiger partial charge on any atom is -0.419 e. The second-order valence-corrected chi connectivity index (χ2v) is 7.32. The summed E-state index contributed by atoms with van der Waals surface area (Å²) >= 11 is 7.28. The van der Waals surface area contributed by atoms with Crippen LogP contribution >= 0.6 is 23.4 Å². The highest BCUT2D eigenvalue weighted by Crippen LogP contribution is 2.35. The number of hydrogen-bond acceptors (Lipinski definition) is 7. The van der Waals surface area contributed by atoms with Crippen molar-refractivity contribution in [3.63, 3.8) is 0 Å². The lowest BCUT2D eigenvalue weighted by Gasteiger charge is -2.01. The lowest BCUT2D eigenvalue weighted by atomic mass is 10.2. The molecule has 2 heterocycles. The molecule has 0 aliphatic rings. The molecule has 0 aliphatic heterocycles. The zero-order valence-corrected chi connectivity index (χ0v) is 15.5. The monoisotopic (exact) mass is 402 g/mol. The molecule has 6 nitrogen and oxygen atoms in total. The Labute approximate surface area is 162 Å². The summed E-state index contributed by atoms with van der Waals surface area (Å²) in [5.41, 5.74) is 1.39. The van der Waals surface area contributed by atoms with Gasteiger partial charge in [0.15, 0.2) is 0 Å². The zero-order valence-electron chi connectivity index (χ0n) is 14.0. The zero-order chi connectivity index (χ0) is 18.8. The molecule has 0 aliphatic carbocycles. The van der Waals surface area contributed by atoms with E-state index in [9.17, 15) is 4.39 Å². The predicted molar refractivity (Wildman–Crippen MR) is 98.7 cm³/mol.